The van der Waals surface area contributed by atoms with Crippen molar-refractivity contribution in [1.82, 2.24) is 0 Å². The number of hydrogen-bond donors (Lipinski definition) is 0. The third-order valence-corrected chi connectivity index (χ3v) is 13.0. The second-order valence-corrected chi connectivity index (χ2v) is 16.4. The smallest absolute Gasteiger partial charge is 0.135 e. The van der Waals surface area contributed by atoms with E-state index >= 15 is 0 Å². The van der Waals surface area contributed by atoms with E-state index in [2.05, 4.69) is 241 Å². The van der Waals surface area contributed by atoms with Crippen LogP contribution in [0, 0.1) is 0 Å². The van der Waals surface area contributed by atoms with Crippen molar-refractivity contribution in [1.29, 1.82) is 0 Å². The molecule has 1 aromatic heterocycles. The quantitative estimate of drug-likeness (QED) is 0.152. The summed E-state index contributed by atoms with van der Waals surface area (Å²) in [5, 5.41) is 2.24. The third-order valence-electron chi connectivity index (χ3n) is 13.0. The minimum atomic E-state index is -0.480. The molecule has 12 rings (SSSR count). The predicted molar refractivity (Wildman–Crippen MR) is 262 cm³/mol. The SMILES string of the molecule is c1ccc(-c2ccc(-c3ccccc3N(c3ccc(C4(c5ccccc5)c5ccccc5-c5ccccc54)cc3)c3cccc(-c4ccc5oc6ccccc6c5c4)c3)cc2)cc1. The van der Waals surface area contributed by atoms with Crippen molar-refractivity contribution < 1.29 is 4.42 Å². The maximum absolute atomic E-state index is 6.22. The van der Waals surface area contributed by atoms with Crippen LogP contribution in [0.3, 0.4) is 0 Å². The Morgan fingerprint density at radius 3 is 1.57 bits per heavy atom. The van der Waals surface area contributed by atoms with Gasteiger partial charge in [-0.3, -0.25) is 0 Å². The average Bonchev–Trinajstić information content (AvgIpc) is 3.89. The molecule has 1 aliphatic rings. The first-order chi connectivity index (χ1) is 31.2. The van der Waals surface area contributed by atoms with Gasteiger partial charge in [-0.2, -0.15) is 0 Å². The molecule has 1 aliphatic carbocycles. The Hall–Kier alpha value is -8.20. The third kappa shape index (κ3) is 6.02. The van der Waals surface area contributed by atoms with Crippen LogP contribution in [0.5, 0.6) is 0 Å². The summed E-state index contributed by atoms with van der Waals surface area (Å²) >= 11 is 0. The molecule has 63 heavy (non-hydrogen) atoms. The molecule has 2 heteroatoms. The van der Waals surface area contributed by atoms with Gasteiger partial charge in [0.1, 0.15) is 11.2 Å². The van der Waals surface area contributed by atoms with Gasteiger partial charge in [0.15, 0.2) is 0 Å². The first kappa shape index (κ1) is 36.6. The normalized spacial score (nSPS) is 12.6. The second kappa shape index (κ2) is 15.1. The van der Waals surface area contributed by atoms with E-state index in [9.17, 15) is 0 Å². The fourth-order valence-electron chi connectivity index (χ4n) is 10.1. The van der Waals surface area contributed by atoms with E-state index in [0.29, 0.717) is 0 Å². The standard InChI is InChI=1S/C61H41NO/c1-3-16-42(17-4-1)43-30-32-44(33-31-43)51-22-9-13-28-58(51)62(50-21-15-18-45(40-50)46-34-39-60-55(41-46)54-25-10-14-29-59(54)63-60)49-37-35-48(36-38-49)61(47-19-5-2-6-20-47)56-26-11-7-23-52(56)53-24-8-12-27-57(53)61/h1-41H. The number of anilines is 3. The summed E-state index contributed by atoms with van der Waals surface area (Å²) in [6.45, 7) is 0. The Morgan fingerprint density at radius 2 is 0.825 bits per heavy atom. The Bertz CT molecular complexity index is 3390. The molecule has 0 spiro atoms. The van der Waals surface area contributed by atoms with Gasteiger partial charge >= 0.3 is 0 Å². The summed E-state index contributed by atoms with van der Waals surface area (Å²) in [5.41, 5.74) is 19.2. The van der Waals surface area contributed by atoms with Crippen LogP contribution in [0.25, 0.3) is 66.4 Å². The summed E-state index contributed by atoms with van der Waals surface area (Å²) in [6, 6.07) is 90.3. The van der Waals surface area contributed by atoms with E-state index < -0.39 is 5.41 Å². The lowest BCUT2D eigenvalue weighted by atomic mass is 9.68. The van der Waals surface area contributed by atoms with Gasteiger partial charge in [-0.05, 0) is 110 Å². The number of hydrogen-bond acceptors (Lipinski definition) is 2. The zero-order valence-corrected chi connectivity index (χ0v) is 34.5. The highest BCUT2D eigenvalue weighted by atomic mass is 16.3. The molecule has 0 atom stereocenters. The zero-order valence-electron chi connectivity index (χ0n) is 34.5. The number of fused-ring (bicyclic) bond motifs is 6. The molecule has 1 heterocycles. The van der Waals surface area contributed by atoms with Crippen LogP contribution >= 0.6 is 0 Å². The molecule has 296 valence electrons. The molecule has 0 saturated heterocycles. The topological polar surface area (TPSA) is 16.4 Å². The minimum Gasteiger partial charge on any atom is -0.456 e. The number of rotatable bonds is 8. The summed E-state index contributed by atoms with van der Waals surface area (Å²) in [5.74, 6) is 0. The average molecular weight is 804 g/mol. The van der Waals surface area contributed by atoms with E-state index in [1.165, 1.54) is 44.5 Å². The summed E-state index contributed by atoms with van der Waals surface area (Å²) in [6.07, 6.45) is 0. The highest BCUT2D eigenvalue weighted by Crippen LogP contribution is 2.56. The van der Waals surface area contributed by atoms with Crippen LogP contribution in [0.2, 0.25) is 0 Å². The Morgan fingerprint density at radius 1 is 0.302 bits per heavy atom. The van der Waals surface area contributed by atoms with Crippen LogP contribution < -0.4 is 4.90 Å². The first-order valence-electron chi connectivity index (χ1n) is 21.7. The molecule has 0 unspecified atom stereocenters. The van der Waals surface area contributed by atoms with Gasteiger partial charge in [-0.25, -0.2) is 0 Å². The first-order valence-corrected chi connectivity index (χ1v) is 21.7. The zero-order chi connectivity index (χ0) is 41.7. The molecule has 0 fully saturated rings. The van der Waals surface area contributed by atoms with Crippen molar-refractivity contribution in [2.24, 2.45) is 0 Å². The summed E-state index contributed by atoms with van der Waals surface area (Å²) in [4.78, 5) is 2.42. The van der Waals surface area contributed by atoms with Crippen LogP contribution in [0.15, 0.2) is 253 Å². The maximum Gasteiger partial charge on any atom is 0.135 e. The molecular formula is C61H41NO. The predicted octanol–water partition coefficient (Wildman–Crippen LogP) is 16.4. The number of para-hydroxylation sites is 2. The number of nitrogens with zero attached hydrogens (tertiary/aromatic N) is 1. The van der Waals surface area contributed by atoms with Crippen molar-refractivity contribution >= 4 is 39.0 Å². The van der Waals surface area contributed by atoms with E-state index in [1.807, 2.05) is 12.1 Å². The van der Waals surface area contributed by atoms with Crippen LogP contribution in [0.4, 0.5) is 17.1 Å². The fourth-order valence-corrected chi connectivity index (χ4v) is 10.1. The van der Waals surface area contributed by atoms with Crippen molar-refractivity contribution in [2.75, 3.05) is 4.90 Å². The fraction of sp³-hybridized carbons (Fsp3) is 0.0164. The largest absolute Gasteiger partial charge is 0.456 e. The van der Waals surface area contributed by atoms with Crippen LogP contribution in [-0.4, -0.2) is 0 Å². The lowest BCUT2D eigenvalue weighted by Gasteiger charge is -2.34. The number of furan rings is 1. The van der Waals surface area contributed by atoms with Gasteiger partial charge in [0, 0.05) is 27.7 Å². The van der Waals surface area contributed by atoms with E-state index in [-0.39, 0.29) is 0 Å². The molecule has 0 radical (unpaired) electrons. The minimum absolute atomic E-state index is 0.480. The van der Waals surface area contributed by atoms with E-state index in [4.69, 9.17) is 4.42 Å². The van der Waals surface area contributed by atoms with Gasteiger partial charge in [0.2, 0.25) is 0 Å². The monoisotopic (exact) mass is 803 g/mol. The maximum atomic E-state index is 6.22. The molecule has 11 aromatic rings. The van der Waals surface area contributed by atoms with Crippen molar-refractivity contribution in [3.63, 3.8) is 0 Å². The van der Waals surface area contributed by atoms with Crippen LogP contribution in [-0.2, 0) is 5.41 Å². The molecular weight excluding hydrogens is 763 g/mol. The van der Waals surface area contributed by atoms with Gasteiger partial charge in [0.25, 0.3) is 0 Å². The summed E-state index contributed by atoms with van der Waals surface area (Å²) < 4.78 is 6.22. The van der Waals surface area contributed by atoms with Crippen molar-refractivity contribution in [2.45, 2.75) is 5.41 Å². The van der Waals surface area contributed by atoms with Gasteiger partial charge in [-0.1, -0.05) is 200 Å². The van der Waals surface area contributed by atoms with E-state index in [0.717, 1.165) is 61.3 Å². The molecule has 0 aliphatic heterocycles. The van der Waals surface area contributed by atoms with Crippen LogP contribution in [0.1, 0.15) is 22.3 Å². The highest BCUT2D eigenvalue weighted by molar-refractivity contribution is 6.06. The number of benzene rings is 10. The second-order valence-electron chi connectivity index (χ2n) is 16.4. The Labute approximate surface area is 367 Å². The van der Waals surface area contributed by atoms with Gasteiger partial charge in [0.05, 0.1) is 11.1 Å². The summed E-state index contributed by atoms with van der Waals surface area (Å²) in [7, 11) is 0. The Kier molecular flexibility index (Phi) is 8.76. The highest BCUT2D eigenvalue weighted by Gasteiger charge is 2.45. The lowest BCUT2D eigenvalue weighted by Crippen LogP contribution is -2.28. The molecule has 10 aromatic carbocycles. The lowest BCUT2D eigenvalue weighted by molar-refractivity contribution is 0.669. The molecule has 0 amide bonds. The van der Waals surface area contributed by atoms with Gasteiger partial charge in [-0.15, -0.1) is 0 Å². The molecule has 0 bridgehead atoms. The van der Waals surface area contributed by atoms with Crippen molar-refractivity contribution in [3.05, 3.63) is 271 Å². The van der Waals surface area contributed by atoms with Crippen molar-refractivity contribution in [3.8, 4) is 44.5 Å². The molecule has 0 saturated carbocycles. The Balaban J connectivity index is 1.03. The van der Waals surface area contributed by atoms with Gasteiger partial charge < -0.3 is 9.32 Å². The molecule has 0 N–H and O–H groups in total. The van der Waals surface area contributed by atoms with E-state index in [1.54, 1.807) is 0 Å². The molecule has 2 nitrogen and oxygen atoms in total.